The van der Waals surface area contributed by atoms with Gasteiger partial charge in [0.1, 0.15) is 0 Å². The van der Waals surface area contributed by atoms with Crippen LogP contribution in [0.4, 0.5) is 5.69 Å². The van der Waals surface area contributed by atoms with E-state index >= 15 is 0 Å². The summed E-state index contributed by atoms with van der Waals surface area (Å²) in [6.45, 7) is 0. The van der Waals surface area contributed by atoms with Crippen LogP contribution in [0.5, 0.6) is 0 Å². The zero-order chi connectivity index (χ0) is 17.3. The van der Waals surface area contributed by atoms with Crippen LogP contribution >= 0.6 is 11.6 Å². The molecule has 0 saturated heterocycles. The lowest BCUT2D eigenvalue weighted by atomic mass is 10.00. The summed E-state index contributed by atoms with van der Waals surface area (Å²) in [6, 6.07) is 11.0. The van der Waals surface area contributed by atoms with Crippen molar-refractivity contribution in [2.45, 2.75) is 44.2 Å². The van der Waals surface area contributed by atoms with Gasteiger partial charge in [0.15, 0.2) is 17.3 Å². The number of hydrazine groups is 1. The van der Waals surface area contributed by atoms with Gasteiger partial charge in [0.2, 0.25) is 0 Å². The highest BCUT2D eigenvalue weighted by Crippen LogP contribution is 2.39. The fourth-order valence-corrected chi connectivity index (χ4v) is 3.77. The largest absolute Gasteiger partial charge is 0.461 e. The van der Waals surface area contributed by atoms with Gasteiger partial charge in [-0.1, -0.05) is 24.4 Å². The second-order valence-electron chi connectivity index (χ2n) is 6.59. The minimum Gasteiger partial charge on any atom is -0.461 e. The molecule has 4 rings (SSSR count). The SMILES string of the molecule is O=C(C1=NC2(CCCCCC2)N(c2ccc(Cl)cc2)N1)c1ccco1. The number of amidine groups is 1. The summed E-state index contributed by atoms with van der Waals surface area (Å²) in [7, 11) is 0. The van der Waals surface area contributed by atoms with Gasteiger partial charge in [-0.05, 0) is 62.1 Å². The Morgan fingerprint density at radius 3 is 2.48 bits per heavy atom. The van der Waals surface area contributed by atoms with Gasteiger partial charge in [0.05, 0.1) is 12.0 Å². The molecule has 2 aliphatic rings. The number of aliphatic imine (C=N–C) groups is 1. The van der Waals surface area contributed by atoms with E-state index in [4.69, 9.17) is 21.0 Å². The molecule has 5 nitrogen and oxygen atoms in total. The number of carbonyl (C=O) groups is 1. The summed E-state index contributed by atoms with van der Waals surface area (Å²) in [6.07, 6.45) is 7.92. The molecule has 0 bridgehead atoms. The third kappa shape index (κ3) is 3.04. The maximum absolute atomic E-state index is 12.7. The number of nitrogens with zero attached hydrogens (tertiary/aromatic N) is 2. The predicted octanol–water partition coefficient (Wildman–Crippen LogP) is 4.59. The average Bonchev–Trinajstić information content (AvgIpc) is 3.21. The van der Waals surface area contributed by atoms with E-state index in [2.05, 4.69) is 5.43 Å². The quantitative estimate of drug-likeness (QED) is 0.816. The van der Waals surface area contributed by atoms with Crippen LogP contribution in [0.25, 0.3) is 0 Å². The Labute approximate surface area is 151 Å². The zero-order valence-electron chi connectivity index (χ0n) is 13.9. The van der Waals surface area contributed by atoms with E-state index in [0.717, 1.165) is 31.4 Å². The standard InChI is InChI=1S/C19H20ClN3O2/c20-14-7-9-15(10-8-14)23-19(11-3-1-2-4-12-19)21-18(22-23)17(24)16-6-5-13-25-16/h5-10,13H,1-4,11-12H2,(H,21,22). The molecule has 1 aliphatic carbocycles. The molecule has 0 radical (unpaired) electrons. The van der Waals surface area contributed by atoms with Crippen molar-refractivity contribution < 1.29 is 9.21 Å². The molecule has 1 fully saturated rings. The van der Waals surface area contributed by atoms with Crippen molar-refractivity contribution in [2.24, 2.45) is 4.99 Å². The Kier molecular flexibility index (Phi) is 4.25. The van der Waals surface area contributed by atoms with Crippen molar-refractivity contribution in [3.8, 4) is 0 Å². The van der Waals surface area contributed by atoms with Gasteiger partial charge in [-0.25, -0.2) is 4.99 Å². The summed E-state index contributed by atoms with van der Waals surface area (Å²) in [5.74, 6) is 0.421. The molecule has 0 amide bonds. The lowest BCUT2D eigenvalue weighted by Crippen LogP contribution is -2.50. The summed E-state index contributed by atoms with van der Waals surface area (Å²) >= 11 is 6.03. The van der Waals surface area contributed by atoms with Gasteiger partial charge in [-0.2, -0.15) is 0 Å². The van der Waals surface area contributed by atoms with Crippen LogP contribution in [0.3, 0.4) is 0 Å². The minimum atomic E-state index is -0.429. The van der Waals surface area contributed by atoms with Gasteiger partial charge in [0, 0.05) is 5.02 Å². The molecule has 1 aromatic carbocycles. The van der Waals surface area contributed by atoms with Crippen molar-refractivity contribution in [3.05, 3.63) is 53.4 Å². The summed E-state index contributed by atoms with van der Waals surface area (Å²) in [5, 5.41) is 2.72. The molecule has 0 atom stereocenters. The summed E-state index contributed by atoms with van der Waals surface area (Å²) < 4.78 is 5.26. The van der Waals surface area contributed by atoms with Crippen LogP contribution in [0.2, 0.25) is 5.02 Å². The molecule has 2 aromatic rings. The van der Waals surface area contributed by atoms with E-state index < -0.39 is 5.66 Å². The van der Waals surface area contributed by atoms with Gasteiger partial charge in [-0.3, -0.25) is 15.2 Å². The number of ketones is 1. The van der Waals surface area contributed by atoms with Crippen LogP contribution in [0, 0.1) is 0 Å². The third-order valence-electron chi connectivity index (χ3n) is 4.90. The smallest absolute Gasteiger partial charge is 0.264 e. The molecular formula is C19H20ClN3O2. The molecule has 6 heteroatoms. The fourth-order valence-electron chi connectivity index (χ4n) is 3.64. The Hall–Kier alpha value is -2.27. The maximum atomic E-state index is 12.7. The monoisotopic (exact) mass is 357 g/mol. The molecule has 1 N–H and O–H groups in total. The number of hydrogen-bond donors (Lipinski definition) is 1. The number of Topliss-reactive ketones (excluding diaryl/α,β-unsaturated/α-hetero) is 1. The van der Waals surface area contributed by atoms with Gasteiger partial charge >= 0.3 is 0 Å². The normalized spacial score (nSPS) is 19.4. The number of carbonyl (C=O) groups excluding carboxylic acids is 1. The van der Waals surface area contributed by atoms with Crippen molar-refractivity contribution in [2.75, 3.05) is 5.01 Å². The Morgan fingerprint density at radius 2 is 1.84 bits per heavy atom. The van der Waals surface area contributed by atoms with Crippen LogP contribution in [0.1, 0.15) is 49.1 Å². The molecule has 1 spiro atoms. The number of benzene rings is 1. The lowest BCUT2D eigenvalue weighted by molar-refractivity contribution is 0.103. The highest BCUT2D eigenvalue weighted by atomic mass is 35.5. The minimum absolute atomic E-state index is 0.218. The highest BCUT2D eigenvalue weighted by molar-refractivity contribution is 6.45. The maximum Gasteiger partial charge on any atom is 0.264 e. The second-order valence-corrected chi connectivity index (χ2v) is 7.02. The Morgan fingerprint density at radius 1 is 1.12 bits per heavy atom. The first-order valence-electron chi connectivity index (χ1n) is 8.68. The molecule has 1 saturated carbocycles. The van der Waals surface area contributed by atoms with Crippen molar-refractivity contribution in [1.82, 2.24) is 5.43 Å². The average molecular weight is 358 g/mol. The van der Waals surface area contributed by atoms with E-state index in [1.165, 1.54) is 19.1 Å². The molecule has 0 unspecified atom stereocenters. The van der Waals surface area contributed by atoms with E-state index in [0.29, 0.717) is 16.6 Å². The Bertz CT molecular complexity index is 776. The highest BCUT2D eigenvalue weighted by Gasteiger charge is 2.44. The van der Waals surface area contributed by atoms with E-state index in [9.17, 15) is 4.79 Å². The second kappa shape index (κ2) is 6.56. The number of rotatable bonds is 3. The van der Waals surface area contributed by atoms with Gasteiger partial charge in [0.25, 0.3) is 5.78 Å². The topological polar surface area (TPSA) is 57.8 Å². The van der Waals surface area contributed by atoms with Crippen molar-refractivity contribution in [3.63, 3.8) is 0 Å². The van der Waals surface area contributed by atoms with Crippen molar-refractivity contribution >= 4 is 28.9 Å². The first-order valence-corrected chi connectivity index (χ1v) is 9.06. The predicted molar refractivity (Wildman–Crippen MR) is 98.0 cm³/mol. The van der Waals surface area contributed by atoms with E-state index in [1.807, 2.05) is 29.3 Å². The van der Waals surface area contributed by atoms with Crippen molar-refractivity contribution in [1.29, 1.82) is 0 Å². The molecule has 25 heavy (non-hydrogen) atoms. The molecule has 130 valence electrons. The van der Waals surface area contributed by atoms with Crippen LogP contribution < -0.4 is 10.4 Å². The zero-order valence-corrected chi connectivity index (χ0v) is 14.6. The number of hydrogen-bond acceptors (Lipinski definition) is 5. The number of nitrogens with one attached hydrogen (secondary N) is 1. The van der Waals surface area contributed by atoms with Gasteiger partial charge in [-0.15, -0.1) is 0 Å². The van der Waals surface area contributed by atoms with E-state index in [1.54, 1.807) is 12.1 Å². The van der Waals surface area contributed by atoms with Crippen LogP contribution in [-0.4, -0.2) is 17.3 Å². The first kappa shape index (κ1) is 16.2. The molecule has 1 aromatic heterocycles. The van der Waals surface area contributed by atoms with E-state index in [-0.39, 0.29) is 5.78 Å². The lowest BCUT2D eigenvalue weighted by Gasteiger charge is -2.36. The number of anilines is 1. The molecule has 1 aliphatic heterocycles. The summed E-state index contributed by atoms with van der Waals surface area (Å²) in [5.41, 5.74) is 3.76. The number of halogens is 1. The van der Waals surface area contributed by atoms with Crippen LogP contribution in [0.15, 0.2) is 52.1 Å². The third-order valence-corrected chi connectivity index (χ3v) is 5.16. The number of furan rings is 1. The fraction of sp³-hybridized carbons (Fsp3) is 0.368. The summed E-state index contributed by atoms with van der Waals surface area (Å²) in [4.78, 5) is 17.6. The first-order chi connectivity index (χ1) is 12.2. The Balaban J connectivity index is 1.71. The van der Waals surface area contributed by atoms with Crippen LogP contribution in [-0.2, 0) is 0 Å². The van der Waals surface area contributed by atoms with Gasteiger partial charge < -0.3 is 4.42 Å². The molecular weight excluding hydrogens is 338 g/mol. The molecule has 2 heterocycles.